The first-order chi connectivity index (χ1) is 11.5. The molecule has 0 spiro atoms. The molecule has 0 aromatic heterocycles. The zero-order chi connectivity index (χ0) is 17.7. The van der Waals surface area contributed by atoms with Gasteiger partial charge in [-0.25, -0.2) is 4.79 Å². The van der Waals surface area contributed by atoms with E-state index in [1.807, 2.05) is 13.8 Å². The topological polar surface area (TPSA) is 75.7 Å². The van der Waals surface area contributed by atoms with Crippen LogP contribution in [0.2, 0.25) is 0 Å². The van der Waals surface area contributed by atoms with Crippen LogP contribution >= 0.6 is 0 Å². The predicted octanol–water partition coefficient (Wildman–Crippen LogP) is 1.87. The van der Waals surface area contributed by atoms with Gasteiger partial charge in [-0.3, -0.25) is 9.59 Å². The second-order valence-corrected chi connectivity index (χ2v) is 7.28. The number of amides is 2. The summed E-state index contributed by atoms with van der Waals surface area (Å²) in [4.78, 5) is 38.9. The highest BCUT2D eigenvalue weighted by atomic mass is 16.5. The molecule has 1 saturated carbocycles. The summed E-state index contributed by atoms with van der Waals surface area (Å²) in [5, 5.41) is 2.96. The molecule has 1 unspecified atom stereocenters. The molecule has 24 heavy (non-hydrogen) atoms. The lowest BCUT2D eigenvalue weighted by Gasteiger charge is -2.31. The van der Waals surface area contributed by atoms with E-state index in [1.54, 1.807) is 4.90 Å². The smallest absolute Gasteiger partial charge is 0.328 e. The number of nitrogens with one attached hydrogen (secondary N) is 1. The molecule has 0 bridgehead atoms. The molecule has 0 radical (unpaired) electrons. The Morgan fingerprint density at radius 3 is 2.29 bits per heavy atom. The van der Waals surface area contributed by atoms with Gasteiger partial charge in [0.2, 0.25) is 11.8 Å². The van der Waals surface area contributed by atoms with Crippen LogP contribution in [-0.4, -0.2) is 48.4 Å². The minimum Gasteiger partial charge on any atom is -0.467 e. The molecule has 2 atom stereocenters. The van der Waals surface area contributed by atoms with Gasteiger partial charge in [-0.2, -0.15) is 0 Å². The maximum absolute atomic E-state index is 12.9. The first kappa shape index (κ1) is 18.7. The van der Waals surface area contributed by atoms with Crippen LogP contribution < -0.4 is 5.32 Å². The summed E-state index contributed by atoms with van der Waals surface area (Å²) in [6.07, 6.45) is 6.56. The van der Waals surface area contributed by atoms with Gasteiger partial charge in [0.05, 0.1) is 7.11 Å². The van der Waals surface area contributed by atoms with E-state index in [0.29, 0.717) is 13.0 Å². The Balaban J connectivity index is 2.04. The molecule has 1 N–H and O–H groups in total. The van der Waals surface area contributed by atoms with Crippen molar-refractivity contribution in [3.8, 4) is 0 Å². The maximum atomic E-state index is 12.9. The molecule has 2 amide bonds. The summed E-state index contributed by atoms with van der Waals surface area (Å²) in [7, 11) is 1.34. The van der Waals surface area contributed by atoms with Gasteiger partial charge in [0.25, 0.3) is 0 Å². The number of hydrogen-bond donors (Lipinski definition) is 1. The third-order valence-corrected chi connectivity index (χ3v) is 5.22. The highest BCUT2D eigenvalue weighted by Crippen LogP contribution is 2.25. The van der Waals surface area contributed by atoms with Crippen molar-refractivity contribution < 1.29 is 19.1 Å². The predicted molar refractivity (Wildman–Crippen MR) is 90.1 cm³/mol. The normalized spacial score (nSPS) is 23.2. The van der Waals surface area contributed by atoms with E-state index in [2.05, 4.69) is 5.32 Å². The number of likely N-dealkylation sites (tertiary alicyclic amines) is 1. The number of carbonyl (C=O) groups is 3. The van der Waals surface area contributed by atoms with Crippen LogP contribution in [0.3, 0.4) is 0 Å². The van der Waals surface area contributed by atoms with Gasteiger partial charge in [0, 0.05) is 12.5 Å². The summed E-state index contributed by atoms with van der Waals surface area (Å²) < 4.78 is 4.81. The molecule has 2 fully saturated rings. The lowest BCUT2D eigenvalue weighted by Crippen LogP contribution is -2.54. The van der Waals surface area contributed by atoms with Gasteiger partial charge in [0.15, 0.2) is 0 Å². The number of esters is 1. The Morgan fingerprint density at radius 2 is 1.71 bits per heavy atom. The average Bonchev–Trinajstić information content (AvgIpc) is 3.08. The molecule has 1 aliphatic carbocycles. The van der Waals surface area contributed by atoms with E-state index in [1.165, 1.54) is 13.5 Å². The molecule has 6 heteroatoms. The molecular formula is C18H30N2O4. The molecule has 6 nitrogen and oxygen atoms in total. The maximum Gasteiger partial charge on any atom is 0.328 e. The van der Waals surface area contributed by atoms with E-state index in [9.17, 15) is 14.4 Å². The van der Waals surface area contributed by atoms with Gasteiger partial charge < -0.3 is 15.0 Å². The molecule has 136 valence electrons. The molecule has 1 saturated heterocycles. The zero-order valence-electron chi connectivity index (χ0n) is 15.0. The van der Waals surface area contributed by atoms with E-state index < -0.39 is 12.1 Å². The van der Waals surface area contributed by atoms with Crippen molar-refractivity contribution in [2.24, 2.45) is 11.8 Å². The third kappa shape index (κ3) is 4.28. The number of rotatable bonds is 5. The molecule has 2 aliphatic rings. The van der Waals surface area contributed by atoms with Crippen LogP contribution in [0.5, 0.6) is 0 Å². The van der Waals surface area contributed by atoms with Crippen molar-refractivity contribution in [3.05, 3.63) is 0 Å². The summed E-state index contributed by atoms with van der Waals surface area (Å²) in [5.41, 5.74) is 0. The third-order valence-electron chi connectivity index (χ3n) is 5.22. The lowest BCUT2D eigenvalue weighted by atomic mass is 9.88. The number of nitrogens with zero attached hydrogens (tertiary/aromatic N) is 1. The average molecular weight is 338 g/mol. The van der Waals surface area contributed by atoms with Crippen molar-refractivity contribution in [1.29, 1.82) is 0 Å². The minimum atomic E-state index is -0.579. The van der Waals surface area contributed by atoms with Gasteiger partial charge in [0.1, 0.15) is 12.1 Å². The highest BCUT2D eigenvalue weighted by molar-refractivity contribution is 5.91. The van der Waals surface area contributed by atoms with Crippen molar-refractivity contribution in [1.82, 2.24) is 10.2 Å². The van der Waals surface area contributed by atoms with Crippen LogP contribution in [0, 0.1) is 11.8 Å². The Labute approximate surface area is 144 Å². The first-order valence-corrected chi connectivity index (χ1v) is 9.14. The van der Waals surface area contributed by atoms with E-state index in [-0.39, 0.29) is 29.6 Å². The molecular weight excluding hydrogens is 308 g/mol. The number of hydrogen-bond acceptors (Lipinski definition) is 4. The van der Waals surface area contributed by atoms with Crippen molar-refractivity contribution in [3.63, 3.8) is 0 Å². The molecule has 2 rings (SSSR count). The van der Waals surface area contributed by atoms with Gasteiger partial charge >= 0.3 is 5.97 Å². The van der Waals surface area contributed by atoms with Crippen molar-refractivity contribution in [2.45, 2.75) is 70.9 Å². The van der Waals surface area contributed by atoms with Gasteiger partial charge in [-0.05, 0) is 31.6 Å². The second kappa shape index (κ2) is 8.49. The second-order valence-electron chi connectivity index (χ2n) is 7.28. The van der Waals surface area contributed by atoms with E-state index >= 15 is 0 Å². The van der Waals surface area contributed by atoms with E-state index in [0.717, 1.165) is 32.1 Å². The summed E-state index contributed by atoms with van der Waals surface area (Å²) in [6.45, 7) is 4.39. The fourth-order valence-corrected chi connectivity index (χ4v) is 3.74. The SMILES string of the molecule is COC(=O)[C@@H]1CCCN1C(=O)C(NC(=O)C1CCCCC1)C(C)C. The minimum absolute atomic E-state index is 0.0165. The Kier molecular flexibility index (Phi) is 6.63. The van der Waals surface area contributed by atoms with Crippen LogP contribution in [-0.2, 0) is 19.1 Å². The fourth-order valence-electron chi connectivity index (χ4n) is 3.74. The molecule has 0 aromatic carbocycles. The largest absolute Gasteiger partial charge is 0.467 e. The number of carbonyl (C=O) groups excluding carboxylic acids is 3. The lowest BCUT2D eigenvalue weighted by molar-refractivity contribution is -0.152. The Bertz CT molecular complexity index is 472. The molecule has 0 aromatic rings. The summed E-state index contributed by atoms with van der Waals surface area (Å²) in [5.74, 6) is -0.564. The highest BCUT2D eigenvalue weighted by Gasteiger charge is 2.39. The van der Waals surface area contributed by atoms with Crippen LogP contribution in [0.25, 0.3) is 0 Å². The van der Waals surface area contributed by atoms with Crippen LogP contribution in [0.15, 0.2) is 0 Å². The standard InChI is InChI=1S/C18H30N2O4/c1-12(2)15(19-16(21)13-8-5-4-6-9-13)17(22)20-11-7-10-14(20)18(23)24-3/h12-15H,4-11H2,1-3H3,(H,19,21)/t14-,15?/m0/s1. The van der Waals surface area contributed by atoms with Crippen LogP contribution in [0.1, 0.15) is 58.8 Å². The van der Waals surface area contributed by atoms with Crippen molar-refractivity contribution in [2.75, 3.05) is 13.7 Å². The fraction of sp³-hybridized carbons (Fsp3) is 0.833. The van der Waals surface area contributed by atoms with Gasteiger partial charge in [-0.1, -0.05) is 33.1 Å². The van der Waals surface area contributed by atoms with E-state index in [4.69, 9.17) is 4.74 Å². The summed E-state index contributed by atoms with van der Waals surface area (Å²) in [6, 6.07) is -1.10. The van der Waals surface area contributed by atoms with Gasteiger partial charge in [-0.15, -0.1) is 0 Å². The summed E-state index contributed by atoms with van der Waals surface area (Å²) >= 11 is 0. The Morgan fingerprint density at radius 1 is 1.04 bits per heavy atom. The first-order valence-electron chi connectivity index (χ1n) is 9.14. The molecule has 1 heterocycles. The number of ether oxygens (including phenoxy) is 1. The Hall–Kier alpha value is -1.59. The van der Waals surface area contributed by atoms with Crippen LogP contribution in [0.4, 0.5) is 0 Å². The molecule has 1 aliphatic heterocycles. The monoisotopic (exact) mass is 338 g/mol. The zero-order valence-corrected chi connectivity index (χ0v) is 15.0. The quantitative estimate of drug-likeness (QED) is 0.777. The van der Waals surface area contributed by atoms with Crippen molar-refractivity contribution >= 4 is 17.8 Å². The number of methoxy groups -OCH3 is 1.